The number of amides is 1. The largest absolute Gasteiger partial charge is 0.326 e. The predicted octanol–water partition coefficient (Wildman–Crippen LogP) is 1.23. The molecule has 0 saturated carbocycles. The van der Waals surface area contributed by atoms with Gasteiger partial charge in [-0.25, -0.2) is 0 Å². The van der Waals surface area contributed by atoms with E-state index in [0.717, 1.165) is 44.0 Å². The Kier molecular flexibility index (Phi) is 4.73. The molecule has 1 fully saturated rings. The lowest BCUT2D eigenvalue weighted by atomic mass is 10.2. The average Bonchev–Trinajstić information content (AvgIpc) is 2.40. The first-order chi connectivity index (χ1) is 8.75. The van der Waals surface area contributed by atoms with Gasteiger partial charge in [0.25, 0.3) is 0 Å². The van der Waals surface area contributed by atoms with Crippen molar-refractivity contribution in [1.82, 2.24) is 10.2 Å². The summed E-state index contributed by atoms with van der Waals surface area (Å²) in [4.78, 5) is 14.2. The highest BCUT2D eigenvalue weighted by Gasteiger charge is 2.11. The van der Waals surface area contributed by atoms with E-state index in [1.807, 2.05) is 31.2 Å². The number of piperazine rings is 1. The van der Waals surface area contributed by atoms with Gasteiger partial charge >= 0.3 is 0 Å². The fraction of sp³-hybridized carbons (Fsp3) is 0.500. The summed E-state index contributed by atoms with van der Waals surface area (Å²) in [6, 6.07) is 7.87. The Morgan fingerprint density at radius 2 is 2.06 bits per heavy atom. The third-order valence-electron chi connectivity index (χ3n) is 3.28. The van der Waals surface area contributed by atoms with Crippen LogP contribution in [0.5, 0.6) is 0 Å². The minimum absolute atomic E-state index is 0.0998. The van der Waals surface area contributed by atoms with E-state index in [9.17, 15) is 4.79 Å². The summed E-state index contributed by atoms with van der Waals surface area (Å²) in [5.74, 6) is 0.0998. The van der Waals surface area contributed by atoms with Crippen molar-refractivity contribution in [3.63, 3.8) is 0 Å². The van der Waals surface area contributed by atoms with Gasteiger partial charge in [-0.3, -0.25) is 4.79 Å². The Morgan fingerprint density at radius 3 is 2.78 bits per heavy atom. The van der Waals surface area contributed by atoms with Crippen molar-refractivity contribution in [3.8, 4) is 0 Å². The lowest BCUT2D eigenvalue weighted by Crippen LogP contribution is -2.44. The molecule has 2 rings (SSSR count). The lowest BCUT2D eigenvalue weighted by molar-refractivity contribution is -0.116. The number of nitrogens with zero attached hydrogens (tertiary/aromatic N) is 1. The molecule has 1 saturated heterocycles. The second-order valence-electron chi connectivity index (χ2n) is 4.70. The zero-order valence-electron chi connectivity index (χ0n) is 10.9. The highest BCUT2D eigenvalue weighted by molar-refractivity contribution is 5.91. The van der Waals surface area contributed by atoms with Crippen LogP contribution in [0.15, 0.2) is 24.3 Å². The Morgan fingerprint density at radius 1 is 1.33 bits per heavy atom. The number of carbonyl (C=O) groups excluding carboxylic acids is 1. The molecule has 98 valence electrons. The van der Waals surface area contributed by atoms with E-state index >= 15 is 0 Å². The van der Waals surface area contributed by atoms with E-state index < -0.39 is 0 Å². The highest BCUT2D eigenvalue weighted by Crippen LogP contribution is 2.13. The number of hydrogen-bond acceptors (Lipinski definition) is 3. The van der Waals surface area contributed by atoms with Crippen molar-refractivity contribution in [2.45, 2.75) is 13.3 Å². The van der Waals surface area contributed by atoms with Gasteiger partial charge in [0.1, 0.15) is 0 Å². The quantitative estimate of drug-likeness (QED) is 0.841. The maximum Gasteiger partial charge on any atom is 0.225 e. The van der Waals surface area contributed by atoms with Crippen molar-refractivity contribution >= 4 is 11.6 Å². The molecule has 1 aromatic carbocycles. The van der Waals surface area contributed by atoms with Crippen LogP contribution in [0.25, 0.3) is 0 Å². The number of aryl methyl sites for hydroxylation is 1. The van der Waals surface area contributed by atoms with Gasteiger partial charge in [-0.05, 0) is 18.6 Å². The number of para-hydroxylation sites is 1. The summed E-state index contributed by atoms with van der Waals surface area (Å²) in [6.45, 7) is 6.99. The molecule has 1 aliphatic rings. The molecular formula is C14H21N3O. The van der Waals surface area contributed by atoms with Gasteiger partial charge in [0.15, 0.2) is 0 Å². The van der Waals surface area contributed by atoms with Crippen molar-refractivity contribution < 1.29 is 4.79 Å². The van der Waals surface area contributed by atoms with Gasteiger partial charge in [-0.1, -0.05) is 18.2 Å². The van der Waals surface area contributed by atoms with Gasteiger partial charge in [-0.2, -0.15) is 0 Å². The van der Waals surface area contributed by atoms with E-state index in [1.165, 1.54) is 0 Å². The Hall–Kier alpha value is -1.39. The molecule has 2 N–H and O–H groups in total. The third-order valence-corrected chi connectivity index (χ3v) is 3.28. The number of anilines is 1. The Balaban J connectivity index is 1.76. The van der Waals surface area contributed by atoms with Crippen molar-refractivity contribution in [2.75, 3.05) is 38.0 Å². The summed E-state index contributed by atoms with van der Waals surface area (Å²) >= 11 is 0. The first-order valence-electron chi connectivity index (χ1n) is 6.54. The van der Waals surface area contributed by atoms with Gasteiger partial charge < -0.3 is 15.5 Å². The maximum atomic E-state index is 11.9. The second kappa shape index (κ2) is 6.52. The molecule has 18 heavy (non-hydrogen) atoms. The van der Waals surface area contributed by atoms with Gasteiger partial charge in [0.2, 0.25) is 5.91 Å². The van der Waals surface area contributed by atoms with Crippen LogP contribution in [0.4, 0.5) is 5.69 Å². The maximum absolute atomic E-state index is 11.9. The normalized spacial score (nSPS) is 16.5. The molecule has 1 heterocycles. The van der Waals surface area contributed by atoms with E-state index in [1.54, 1.807) is 0 Å². The molecule has 0 spiro atoms. The SMILES string of the molecule is Cc1ccccc1NC(=O)CCN1CCNCC1. The number of nitrogens with one attached hydrogen (secondary N) is 2. The molecule has 0 unspecified atom stereocenters. The van der Waals surface area contributed by atoms with Gasteiger partial charge in [-0.15, -0.1) is 0 Å². The zero-order valence-corrected chi connectivity index (χ0v) is 10.9. The summed E-state index contributed by atoms with van der Waals surface area (Å²) in [7, 11) is 0. The van der Waals surface area contributed by atoms with E-state index in [0.29, 0.717) is 6.42 Å². The van der Waals surface area contributed by atoms with Crippen LogP contribution < -0.4 is 10.6 Å². The van der Waals surface area contributed by atoms with Crippen LogP contribution >= 0.6 is 0 Å². The molecule has 4 heteroatoms. The standard InChI is InChI=1S/C14H21N3O/c1-12-4-2-3-5-13(12)16-14(18)6-9-17-10-7-15-8-11-17/h2-5,15H,6-11H2,1H3,(H,16,18). The molecular weight excluding hydrogens is 226 g/mol. The van der Waals surface area contributed by atoms with E-state index in [2.05, 4.69) is 15.5 Å². The summed E-state index contributed by atoms with van der Waals surface area (Å²) in [5, 5.41) is 6.28. The number of rotatable bonds is 4. The number of carbonyl (C=O) groups is 1. The first-order valence-corrected chi connectivity index (χ1v) is 6.54. The highest BCUT2D eigenvalue weighted by atomic mass is 16.1. The monoisotopic (exact) mass is 247 g/mol. The fourth-order valence-corrected chi connectivity index (χ4v) is 2.12. The molecule has 0 atom stereocenters. The minimum atomic E-state index is 0.0998. The minimum Gasteiger partial charge on any atom is -0.326 e. The molecule has 1 aliphatic heterocycles. The average molecular weight is 247 g/mol. The van der Waals surface area contributed by atoms with Crippen molar-refractivity contribution in [3.05, 3.63) is 29.8 Å². The third kappa shape index (κ3) is 3.82. The zero-order chi connectivity index (χ0) is 12.8. The molecule has 0 bridgehead atoms. The van der Waals surface area contributed by atoms with Crippen molar-refractivity contribution in [2.24, 2.45) is 0 Å². The number of benzene rings is 1. The fourth-order valence-electron chi connectivity index (χ4n) is 2.12. The van der Waals surface area contributed by atoms with Crippen LogP contribution in [0.2, 0.25) is 0 Å². The lowest BCUT2D eigenvalue weighted by Gasteiger charge is -2.26. The topological polar surface area (TPSA) is 44.4 Å². The molecule has 4 nitrogen and oxygen atoms in total. The predicted molar refractivity (Wildman–Crippen MR) is 73.7 cm³/mol. The molecule has 0 aromatic heterocycles. The van der Waals surface area contributed by atoms with Crippen LogP contribution in [0.3, 0.4) is 0 Å². The van der Waals surface area contributed by atoms with E-state index in [-0.39, 0.29) is 5.91 Å². The van der Waals surface area contributed by atoms with Crippen LogP contribution in [-0.2, 0) is 4.79 Å². The Bertz CT molecular complexity index is 400. The van der Waals surface area contributed by atoms with Crippen LogP contribution in [0.1, 0.15) is 12.0 Å². The summed E-state index contributed by atoms with van der Waals surface area (Å²) in [6.07, 6.45) is 0.564. The first kappa shape index (κ1) is 13.1. The summed E-state index contributed by atoms with van der Waals surface area (Å²) in [5.41, 5.74) is 2.02. The second-order valence-corrected chi connectivity index (χ2v) is 4.70. The smallest absolute Gasteiger partial charge is 0.225 e. The van der Waals surface area contributed by atoms with Crippen molar-refractivity contribution in [1.29, 1.82) is 0 Å². The number of hydrogen-bond donors (Lipinski definition) is 2. The van der Waals surface area contributed by atoms with Gasteiger partial charge in [0, 0.05) is 44.8 Å². The Labute approximate surface area is 108 Å². The van der Waals surface area contributed by atoms with E-state index in [4.69, 9.17) is 0 Å². The molecule has 1 aromatic rings. The van der Waals surface area contributed by atoms with Crippen LogP contribution in [-0.4, -0.2) is 43.5 Å². The van der Waals surface area contributed by atoms with Crippen LogP contribution in [0, 0.1) is 6.92 Å². The molecule has 1 amide bonds. The van der Waals surface area contributed by atoms with Gasteiger partial charge in [0.05, 0.1) is 0 Å². The molecule has 0 radical (unpaired) electrons. The molecule has 0 aliphatic carbocycles. The summed E-state index contributed by atoms with van der Waals surface area (Å²) < 4.78 is 0.